The number of rotatable bonds is 3. The van der Waals surface area contributed by atoms with E-state index in [1.54, 1.807) is 6.07 Å². The van der Waals surface area contributed by atoms with E-state index < -0.39 is 0 Å². The van der Waals surface area contributed by atoms with E-state index in [-0.39, 0.29) is 17.2 Å². The fourth-order valence-electron chi connectivity index (χ4n) is 3.20. The van der Waals surface area contributed by atoms with Crippen LogP contribution >= 0.6 is 0 Å². The number of anilines is 1. The lowest BCUT2D eigenvalue weighted by molar-refractivity contribution is 0.0910. The van der Waals surface area contributed by atoms with Crippen molar-refractivity contribution in [1.29, 1.82) is 5.26 Å². The number of aromatic nitrogens is 1. The first kappa shape index (κ1) is 16.2. The second-order valence-electron chi connectivity index (χ2n) is 7.21. The minimum Gasteiger partial charge on any atom is -0.362 e. The fraction of sp³-hybridized carbons (Fsp3) is 0.350. The molecule has 1 aliphatic rings. The molecule has 0 saturated heterocycles. The number of nitrogens with one attached hydrogen (secondary N) is 1. The Labute approximate surface area is 142 Å². The summed E-state index contributed by atoms with van der Waals surface area (Å²) in [6, 6.07) is 13.9. The Morgan fingerprint density at radius 3 is 2.62 bits per heavy atom. The van der Waals surface area contributed by atoms with Crippen molar-refractivity contribution in [1.82, 2.24) is 4.98 Å². The van der Waals surface area contributed by atoms with E-state index in [1.165, 1.54) is 0 Å². The molecule has 1 aromatic carbocycles. The van der Waals surface area contributed by atoms with Crippen LogP contribution in [0.2, 0.25) is 0 Å². The second kappa shape index (κ2) is 6.09. The number of nitriles is 1. The molecule has 0 amide bonds. The van der Waals surface area contributed by atoms with Gasteiger partial charge in [-0.25, -0.2) is 4.98 Å². The van der Waals surface area contributed by atoms with Gasteiger partial charge >= 0.3 is 0 Å². The van der Waals surface area contributed by atoms with Gasteiger partial charge < -0.3 is 5.32 Å². The van der Waals surface area contributed by atoms with Crippen molar-refractivity contribution in [2.24, 2.45) is 5.41 Å². The van der Waals surface area contributed by atoms with Crippen LogP contribution in [0.4, 0.5) is 5.82 Å². The largest absolute Gasteiger partial charge is 0.362 e. The Morgan fingerprint density at radius 1 is 1.25 bits per heavy atom. The molecule has 1 unspecified atom stereocenters. The first-order chi connectivity index (χ1) is 11.4. The molecule has 1 atom stereocenters. The van der Waals surface area contributed by atoms with Crippen LogP contribution in [0.25, 0.3) is 0 Å². The van der Waals surface area contributed by atoms with Gasteiger partial charge in [-0.1, -0.05) is 44.2 Å². The zero-order valence-corrected chi connectivity index (χ0v) is 14.3. The fourth-order valence-corrected chi connectivity index (χ4v) is 3.20. The maximum absolute atomic E-state index is 12.4. The van der Waals surface area contributed by atoms with Gasteiger partial charge in [0.25, 0.3) is 0 Å². The summed E-state index contributed by atoms with van der Waals surface area (Å²) in [6.07, 6.45) is 1.24. The molecule has 4 heteroatoms. The normalized spacial score (nSPS) is 16.8. The van der Waals surface area contributed by atoms with Crippen LogP contribution in [-0.4, -0.2) is 10.8 Å². The number of fused-ring (bicyclic) bond motifs is 1. The number of ketones is 1. The molecule has 3 rings (SSSR count). The summed E-state index contributed by atoms with van der Waals surface area (Å²) in [7, 11) is 0. The van der Waals surface area contributed by atoms with Crippen LogP contribution < -0.4 is 5.32 Å². The van der Waals surface area contributed by atoms with Crippen LogP contribution in [-0.2, 0) is 6.42 Å². The lowest BCUT2D eigenvalue weighted by atomic mass is 9.75. The Balaban J connectivity index is 1.97. The van der Waals surface area contributed by atoms with Crippen LogP contribution in [0.3, 0.4) is 0 Å². The van der Waals surface area contributed by atoms with Gasteiger partial charge in [-0.05, 0) is 30.4 Å². The third-order valence-corrected chi connectivity index (χ3v) is 4.46. The van der Waals surface area contributed by atoms with E-state index in [0.717, 1.165) is 17.7 Å². The highest BCUT2D eigenvalue weighted by molar-refractivity contribution is 5.99. The van der Waals surface area contributed by atoms with Gasteiger partial charge in [0.1, 0.15) is 11.9 Å². The zero-order chi connectivity index (χ0) is 17.3. The number of Topliss-reactive ketones (excluding diaryl/α,β-unsaturated/α-hetero) is 1. The molecule has 0 radical (unpaired) electrons. The van der Waals surface area contributed by atoms with E-state index in [9.17, 15) is 10.1 Å². The predicted molar refractivity (Wildman–Crippen MR) is 93.9 cm³/mol. The van der Waals surface area contributed by atoms with Crippen LogP contribution in [0.15, 0.2) is 36.4 Å². The molecule has 4 nitrogen and oxygen atoms in total. The molecule has 0 bridgehead atoms. The molecule has 122 valence electrons. The van der Waals surface area contributed by atoms with Gasteiger partial charge in [0.15, 0.2) is 5.78 Å². The van der Waals surface area contributed by atoms with Gasteiger partial charge in [-0.15, -0.1) is 0 Å². The van der Waals surface area contributed by atoms with Crippen LogP contribution in [0, 0.1) is 16.7 Å². The van der Waals surface area contributed by atoms with Gasteiger partial charge in [-0.2, -0.15) is 5.26 Å². The maximum Gasteiger partial charge on any atom is 0.165 e. The maximum atomic E-state index is 12.4. The Kier molecular flexibility index (Phi) is 4.11. The van der Waals surface area contributed by atoms with Crippen molar-refractivity contribution >= 4 is 11.6 Å². The van der Waals surface area contributed by atoms with Crippen molar-refractivity contribution in [3.05, 3.63) is 58.8 Å². The average Bonchev–Trinajstić information content (AvgIpc) is 2.54. The van der Waals surface area contributed by atoms with Crippen LogP contribution in [0.1, 0.15) is 60.4 Å². The van der Waals surface area contributed by atoms with E-state index >= 15 is 0 Å². The van der Waals surface area contributed by atoms with Crippen molar-refractivity contribution in [2.45, 2.75) is 39.7 Å². The molecule has 2 aromatic rings. The summed E-state index contributed by atoms with van der Waals surface area (Å²) in [5, 5.41) is 12.8. The number of hydrogen-bond donors (Lipinski definition) is 1. The lowest BCUT2D eigenvalue weighted by Gasteiger charge is -2.30. The monoisotopic (exact) mass is 319 g/mol. The highest BCUT2D eigenvalue weighted by Gasteiger charge is 2.32. The second-order valence-corrected chi connectivity index (χ2v) is 7.21. The predicted octanol–water partition coefficient (Wildman–Crippen LogP) is 4.28. The minimum absolute atomic E-state index is 0.0242. The molecule has 0 spiro atoms. The SMILES string of the molecule is CC(Nc1nc2c(cc1C#N)C(=O)CC(C)(C)C2)c1ccccc1. The summed E-state index contributed by atoms with van der Waals surface area (Å²) < 4.78 is 0. The number of benzene rings is 1. The number of carbonyl (C=O) groups is 1. The van der Waals surface area contributed by atoms with E-state index in [2.05, 4.69) is 30.2 Å². The quantitative estimate of drug-likeness (QED) is 0.917. The first-order valence-corrected chi connectivity index (χ1v) is 8.18. The van der Waals surface area contributed by atoms with Gasteiger partial charge in [0, 0.05) is 18.0 Å². The molecule has 1 aromatic heterocycles. The minimum atomic E-state index is -0.0897. The average molecular weight is 319 g/mol. The van der Waals surface area contributed by atoms with Crippen molar-refractivity contribution in [3.63, 3.8) is 0 Å². The highest BCUT2D eigenvalue weighted by atomic mass is 16.1. The molecular formula is C20H21N3O. The van der Waals surface area contributed by atoms with E-state index in [4.69, 9.17) is 0 Å². The zero-order valence-electron chi connectivity index (χ0n) is 14.3. The molecule has 1 heterocycles. The first-order valence-electron chi connectivity index (χ1n) is 8.18. The molecule has 1 aliphatic carbocycles. The standard InChI is InChI=1S/C20H21N3O/c1-13(14-7-5-4-6-8-14)22-19-15(12-21)9-16-17(23-19)10-20(2,3)11-18(16)24/h4-9,13H,10-11H2,1-3H3,(H,22,23). The molecule has 0 saturated carbocycles. The number of pyridine rings is 1. The highest BCUT2D eigenvalue weighted by Crippen LogP contribution is 2.35. The van der Waals surface area contributed by atoms with Gasteiger partial charge in [0.05, 0.1) is 11.3 Å². The number of hydrogen-bond acceptors (Lipinski definition) is 4. The van der Waals surface area contributed by atoms with Gasteiger partial charge in [-0.3, -0.25) is 4.79 Å². The Morgan fingerprint density at radius 2 is 1.96 bits per heavy atom. The molecule has 0 aliphatic heterocycles. The summed E-state index contributed by atoms with van der Waals surface area (Å²) >= 11 is 0. The van der Waals surface area contributed by atoms with Crippen molar-refractivity contribution in [3.8, 4) is 6.07 Å². The number of nitrogens with zero attached hydrogens (tertiary/aromatic N) is 2. The van der Waals surface area contributed by atoms with Gasteiger partial charge in [0.2, 0.25) is 0 Å². The van der Waals surface area contributed by atoms with E-state index in [1.807, 2.05) is 37.3 Å². The van der Waals surface area contributed by atoms with E-state index in [0.29, 0.717) is 23.4 Å². The van der Waals surface area contributed by atoms with Crippen LogP contribution in [0.5, 0.6) is 0 Å². The molecule has 24 heavy (non-hydrogen) atoms. The van der Waals surface area contributed by atoms with Crippen molar-refractivity contribution in [2.75, 3.05) is 5.32 Å². The molecule has 1 N–H and O–H groups in total. The van der Waals surface area contributed by atoms with Crippen molar-refractivity contribution < 1.29 is 4.79 Å². The smallest absolute Gasteiger partial charge is 0.165 e. The topological polar surface area (TPSA) is 65.8 Å². The molecule has 0 fully saturated rings. The summed E-state index contributed by atoms with van der Waals surface area (Å²) in [5.74, 6) is 0.631. The third kappa shape index (κ3) is 3.16. The number of carbonyl (C=O) groups excluding carboxylic acids is 1. The summed E-state index contributed by atoms with van der Waals surface area (Å²) in [5.41, 5.74) is 2.84. The Bertz CT molecular complexity index is 819. The molecular weight excluding hydrogens is 298 g/mol. The Hall–Kier alpha value is -2.67. The lowest BCUT2D eigenvalue weighted by Crippen LogP contribution is -2.28. The summed E-state index contributed by atoms with van der Waals surface area (Å²) in [6.45, 7) is 6.19. The summed E-state index contributed by atoms with van der Waals surface area (Å²) in [4.78, 5) is 17.0. The third-order valence-electron chi connectivity index (χ3n) is 4.46.